The van der Waals surface area contributed by atoms with Gasteiger partial charge in [-0.25, -0.2) is 0 Å². The third-order valence-electron chi connectivity index (χ3n) is 2.63. The van der Waals surface area contributed by atoms with Crippen LogP contribution in [0.1, 0.15) is 5.56 Å². The van der Waals surface area contributed by atoms with E-state index in [-0.39, 0.29) is 23.8 Å². The van der Waals surface area contributed by atoms with Gasteiger partial charge in [0.15, 0.2) is 0 Å². The van der Waals surface area contributed by atoms with Crippen molar-refractivity contribution in [2.75, 3.05) is 13.2 Å². The summed E-state index contributed by atoms with van der Waals surface area (Å²) in [5.41, 5.74) is -1.81. The van der Waals surface area contributed by atoms with Crippen molar-refractivity contribution >= 4 is 11.6 Å². The Labute approximate surface area is 89.8 Å². The molecule has 0 N–H and O–H groups in total. The Balaban J connectivity index is 2.48. The average molecular weight is 237 g/mol. The predicted molar refractivity (Wildman–Crippen MR) is 50.0 cm³/mol. The molecule has 1 fully saturated rings. The Morgan fingerprint density at radius 3 is 2.20 bits per heavy atom. The molecule has 1 saturated heterocycles. The van der Waals surface area contributed by atoms with Gasteiger partial charge in [0.05, 0.1) is 13.2 Å². The molecule has 1 aromatic carbocycles. The summed E-state index contributed by atoms with van der Waals surface area (Å²) in [6.07, 6.45) is -4.32. The molecule has 0 atom stereocenters. The van der Waals surface area contributed by atoms with Gasteiger partial charge in [-0.05, 0) is 11.6 Å². The van der Waals surface area contributed by atoms with Crippen molar-refractivity contribution in [3.05, 3.63) is 34.9 Å². The van der Waals surface area contributed by atoms with Crippen LogP contribution in [0.25, 0.3) is 0 Å². The van der Waals surface area contributed by atoms with Crippen LogP contribution in [0.2, 0.25) is 5.02 Å². The van der Waals surface area contributed by atoms with E-state index in [2.05, 4.69) is 0 Å². The van der Waals surface area contributed by atoms with Gasteiger partial charge in [-0.2, -0.15) is 13.2 Å². The first-order valence-corrected chi connectivity index (χ1v) is 4.75. The van der Waals surface area contributed by atoms with Crippen molar-refractivity contribution < 1.29 is 17.9 Å². The summed E-state index contributed by atoms with van der Waals surface area (Å²) in [6.45, 7) is -0.694. The fourth-order valence-electron chi connectivity index (χ4n) is 1.63. The molecule has 0 aliphatic carbocycles. The van der Waals surface area contributed by atoms with Crippen LogP contribution in [0.3, 0.4) is 0 Å². The maximum Gasteiger partial charge on any atom is 0.402 e. The molecule has 0 radical (unpaired) electrons. The highest BCUT2D eigenvalue weighted by Crippen LogP contribution is 2.48. The molecule has 1 aliphatic rings. The van der Waals surface area contributed by atoms with Crippen LogP contribution in [-0.2, 0) is 10.2 Å². The van der Waals surface area contributed by atoms with Crippen LogP contribution in [0.4, 0.5) is 13.2 Å². The van der Waals surface area contributed by atoms with E-state index in [1.165, 1.54) is 12.1 Å². The van der Waals surface area contributed by atoms with Crippen molar-refractivity contribution in [2.45, 2.75) is 11.6 Å². The minimum absolute atomic E-state index is 0.102. The third kappa shape index (κ3) is 1.52. The molecule has 0 saturated carbocycles. The first-order chi connectivity index (χ1) is 6.97. The van der Waals surface area contributed by atoms with E-state index in [4.69, 9.17) is 16.3 Å². The van der Waals surface area contributed by atoms with Gasteiger partial charge in [0.1, 0.15) is 5.41 Å². The Morgan fingerprint density at radius 2 is 1.80 bits per heavy atom. The standard InChI is InChI=1S/C10H8ClF3O/c11-8-4-2-1-3-7(8)9(5-15-6-9)10(12,13)14/h1-4H,5-6H2. The lowest BCUT2D eigenvalue weighted by Crippen LogP contribution is -2.57. The smallest absolute Gasteiger partial charge is 0.379 e. The Morgan fingerprint density at radius 1 is 1.20 bits per heavy atom. The summed E-state index contributed by atoms with van der Waals surface area (Å²) in [5.74, 6) is 0. The van der Waals surface area contributed by atoms with Crippen LogP contribution in [-0.4, -0.2) is 19.4 Å². The summed E-state index contributed by atoms with van der Waals surface area (Å²) < 4.78 is 43.3. The van der Waals surface area contributed by atoms with E-state index < -0.39 is 11.6 Å². The van der Waals surface area contributed by atoms with Crippen LogP contribution in [0.15, 0.2) is 24.3 Å². The van der Waals surface area contributed by atoms with Crippen molar-refractivity contribution in [1.29, 1.82) is 0 Å². The maximum absolute atomic E-state index is 12.9. The maximum atomic E-state index is 12.9. The van der Waals surface area contributed by atoms with Crippen LogP contribution in [0, 0.1) is 0 Å². The van der Waals surface area contributed by atoms with Gasteiger partial charge in [0.2, 0.25) is 0 Å². The molecule has 0 unspecified atom stereocenters. The van der Waals surface area contributed by atoms with Crippen LogP contribution < -0.4 is 0 Å². The highest BCUT2D eigenvalue weighted by atomic mass is 35.5. The molecule has 0 bridgehead atoms. The van der Waals surface area contributed by atoms with E-state index in [1.807, 2.05) is 0 Å². The molecule has 1 nitrogen and oxygen atoms in total. The zero-order valence-electron chi connectivity index (χ0n) is 7.64. The zero-order chi connectivity index (χ0) is 11.1. The normalized spacial score (nSPS) is 19.7. The second-order valence-corrected chi connectivity index (χ2v) is 3.96. The zero-order valence-corrected chi connectivity index (χ0v) is 8.40. The minimum atomic E-state index is -4.32. The number of halogens is 4. The SMILES string of the molecule is FC(F)(F)C1(c2ccccc2Cl)COC1. The topological polar surface area (TPSA) is 9.23 Å². The summed E-state index contributed by atoms with van der Waals surface area (Å²) in [5, 5.41) is 0.137. The van der Waals surface area contributed by atoms with Crippen molar-refractivity contribution in [3.63, 3.8) is 0 Å². The quantitative estimate of drug-likeness (QED) is 0.728. The van der Waals surface area contributed by atoms with Crippen LogP contribution >= 0.6 is 11.6 Å². The lowest BCUT2D eigenvalue weighted by atomic mass is 9.78. The van der Waals surface area contributed by atoms with E-state index in [1.54, 1.807) is 12.1 Å². The molecule has 0 amide bonds. The first-order valence-electron chi connectivity index (χ1n) is 4.37. The summed E-state index contributed by atoms with van der Waals surface area (Å²) in [4.78, 5) is 0. The van der Waals surface area contributed by atoms with Gasteiger partial charge in [-0.3, -0.25) is 0 Å². The van der Waals surface area contributed by atoms with E-state index in [0.29, 0.717) is 0 Å². The molecule has 5 heteroatoms. The lowest BCUT2D eigenvalue weighted by Gasteiger charge is -2.43. The summed E-state index contributed by atoms with van der Waals surface area (Å²) in [7, 11) is 0. The Hall–Kier alpha value is -0.740. The van der Waals surface area contributed by atoms with Gasteiger partial charge >= 0.3 is 6.18 Å². The average Bonchev–Trinajstić information content (AvgIpc) is 2.03. The van der Waals surface area contributed by atoms with Gasteiger partial charge in [0.25, 0.3) is 0 Å². The third-order valence-corrected chi connectivity index (χ3v) is 2.96. The van der Waals surface area contributed by atoms with Crippen molar-refractivity contribution in [1.82, 2.24) is 0 Å². The van der Waals surface area contributed by atoms with Gasteiger partial charge in [-0.1, -0.05) is 29.8 Å². The second-order valence-electron chi connectivity index (χ2n) is 3.55. The molecule has 2 rings (SSSR count). The predicted octanol–water partition coefficient (Wildman–Crippen LogP) is 3.17. The van der Waals surface area contributed by atoms with E-state index in [0.717, 1.165) is 0 Å². The molecule has 0 aromatic heterocycles. The number of benzene rings is 1. The number of hydrogen-bond acceptors (Lipinski definition) is 1. The largest absolute Gasteiger partial charge is 0.402 e. The molecule has 0 spiro atoms. The van der Waals surface area contributed by atoms with Crippen molar-refractivity contribution in [2.24, 2.45) is 0 Å². The molecular weight excluding hydrogens is 229 g/mol. The monoisotopic (exact) mass is 236 g/mol. The number of hydrogen-bond donors (Lipinski definition) is 0. The molecule has 1 aliphatic heterocycles. The van der Waals surface area contributed by atoms with Gasteiger partial charge in [0, 0.05) is 5.02 Å². The van der Waals surface area contributed by atoms with Gasteiger partial charge < -0.3 is 4.74 Å². The number of ether oxygens (including phenoxy) is 1. The molecule has 1 heterocycles. The van der Waals surface area contributed by atoms with Crippen LogP contribution in [0.5, 0.6) is 0 Å². The first kappa shape index (κ1) is 10.8. The number of alkyl halides is 3. The van der Waals surface area contributed by atoms with E-state index >= 15 is 0 Å². The highest BCUT2D eigenvalue weighted by molar-refractivity contribution is 6.31. The minimum Gasteiger partial charge on any atom is -0.379 e. The number of rotatable bonds is 1. The molecule has 1 aromatic rings. The summed E-state index contributed by atoms with van der Waals surface area (Å²) >= 11 is 5.77. The fraction of sp³-hybridized carbons (Fsp3) is 0.400. The highest BCUT2D eigenvalue weighted by Gasteiger charge is 2.61. The van der Waals surface area contributed by atoms with Gasteiger partial charge in [-0.15, -0.1) is 0 Å². The van der Waals surface area contributed by atoms with E-state index in [9.17, 15) is 13.2 Å². The molecule has 15 heavy (non-hydrogen) atoms. The molecular formula is C10H8ClF3O. The second kappa shape index (κ2) is 3.39. The lowest BCUT2D eigenvalue weighted by molar-refractivity contribution is -0.262. The Bertz CT molecular complexity index is 371. The summed E-state index contributed by atoms with van der Waals surface area (Å²) in [6, 6.07) is 6.02. The van der Waals surface area contributed by atoms with Crippen molar-refractivity contribution in [3.8, 4) is 0 Å². The molecule has 82 valence electrons. The Kier molecular flexibility index (Phi) is 2.43. The fourth-order valence-corrected chi connectivity index (χ4v) is 1.94.